The minimum atomic E-state index is -3.96. The van der Waals surface area contributed by atoms with E-state index in [4.69, 9.17) is 0 Å². The zero-order valence-electron chi connectivity index (χ0n) is 11.0. The summed E-state index contributed by atoms with van der Waals surface area (Å²) in [5.74, 6) is -3.74. The average Bonchev–Trinajstić information content (AvgIpc) is 2.43. The molecule has 0 bridgehead atoms. The van der Waals surface area contributed by atoms with Gasteiger partial charge in [0.05, 0.1) is 0 Å². The molecule has 0 aliphatic carbocycles. The SMILES string of the molecule is CC(F)C(F)(F)C(F)CCCSC(=O)c1ccccc1. The van der Waals surface area contributed by atoms with Crippen LogP contribution in [0.3, 0.4) is 0 Å². The fraction of sp³-hybridized carbons (Fsp3) is 0.500. The number of rotatable bonds is 7. The van der Waals surface area contributed by atoms with Gasteiger partial charge in [0.15, 0.2) is 12.3 Å². The summed E-state index contributed by atoms with van der Waals surface area (Å²) < 4.78 is 51.7. The molecule has 0 aliphatic rings. The normalized spacial score (nSPS) is 14.8. The summed E-state index contributed by atoms with van der Waals surface area (Å²) >= 11 is 0.946. The summed E-state index contributed by atoms with van der Waals surface area (Å²) in [6.07, 6.45) is -5.41. The van der Waals surface area contributed by atoms with Crippen LogP contribution in [0.1, 0.15) is 30.1 Å². The zero-order valence-corrected chi connectivity index (χ0v) is 11.8. The Bertz CT molecular complexity index is 422. The Morgan fingerprint density at radius 3 is 2.40 bits per heavy atom. The number of hydrogen-bond donors (Lipinski definition) is 0. The number of halogens is 4. The Labute approximate surface area is 119 Å². The third-order valence-electron chi connectivity index (χ3n) is 2.79. The fourth-order valence-corrected chi connectivity index (χ4v) is 2.33. The topological polar surface area (TPSA) is 17.1 Å². The Hall–Kier alpha value is -1.04. The van der Waals surface area contributed by atoms with Crippen LogP contribution < -0.4 is 0 Å². The van der Waals surface area contributed by atoms with Gasteiger partial charge >= 0.3 is 5.92 Å². The van der Waals surface area contributed by atoms with E-state index in [1.54, 1.807) is 30.3 Å². The average molecular weight is 308 g/mol. The molecule has 2 unspecified atom stereocenters. The van der Waals surface area contributed by atoms with E-state index in [9.17, 15) is 22.4 Å². The van der Waals surface area contributed by atoms with Crippen LogP contribution in [0, 0.1) is 0 Å². The first-order valence-electron chi connectivity index (χ1n) is 6.23. The molecule has 0 saturated carbocycles. The van der Waals surface area contributed by atoms with Gasteiger partial charge in [-0.1, -0.05) is 42.1 Å². The molecular weight excluding hydrogens is 292 g/mol. The summed E-state index contributed by atoms with van der Waals surface area (Å²) in [4.78, 5) is 11.7. The lowest BCUT2D eigenvalue weighted by Crippen LogP contribution is -2.38. The molecule has 0 aromatic heterocycles. The molecule has 112 valence electrons. The van der Waals surface area contributed by atoms with E-state index >= 15 is 0 Å². The van der Waals surface area contributed by atoms with Crippen LogP contribution in [-0.4, -0.2) is 29.1 Å². The van der Waals surface area contributed by atoms with Gasteiger partial charge in [-0.15, -0.1) is 0 Å². The van der Waals surface area contributed by atoms with Crippen molar-refractivity contribution in [2.75, 3.05) is 5.75 Å². The molecule has 0 spiro atoms. The van der Waals surface area contributed by atoms with E-state index < -0.39 is 24.7 Å². The molecule has 0 saturated heterocycles. The van der Waals surface area contributed by atoms with Crippen LogP contribution in [0.15, 0.2) is 30.3 Å². The summed E-state index contributed by atoms with van der Waals surface area (Å²) in [6.45, 7) is 0.639. The first-order valence-corrected chi connectivity index (χ1v) is 7.22. The second-order valence-corrected chi connectivity index (χ2v) is 5.47. The monoisotopic (exact) mass is 308 g/mol. The highest BCUT2D eigenvalue weighted by atomic mass is 32.2. The van der Waals surface area contributed by atoms with Crippen molar-refractivity contribution in [1.82, 2.24) is 0 Å². The van der Waals surface area contributed by atoms with Gasteiger partial charge in [-0.25, -0.2) is 17.6 Å². The molecule has 6 heteroatoms. The van der Waals surface area contributed by atoms with Crippen LogP contribution in [0.25, 0.3) is 0 Å². The second-order valence-electron chi connectivity index (χ2n) is 4.40. The summed E-state index contributed by atoms with van der Waals surface area (Å²) in [6, 6.07) is 8.50. The van der Waals surface area contributed by atoms with Gasteiger partial charge in [-0.2, -0.15) is 0 Å². The second kappa shape index (κ2) is 7.67. The van der Waals surface area contributed by atoms with Crippen LogP contribution in [0.2, 0.25) is 0 Å². The van der Waals surface area contributed by atoms with E-state index in [1.807, 2.05) is 0 Å². The van der Waals surface area contributed by atoms with E-state index in [1.165, 1.54) is 0 Å². The highest BCUT2D eigenvalue weighted by Gasteiger charge is 2.45. The Morgan fingerprint density at radius 1 is 1.25 bits per heavy atom. The third kappa shape index (κ3) is 4.81. The van der Waals surface area contributed by atoms with Crippen molar-refractivity contribution >= 4 is 16.9 Å². The van der Waals surface area contributed by atoms with Gasteiger partial charge < -0.3 is 0 Å². The molecule has 1 aromatic rings. The predicted octanol–water partition coefficient (Wildman–Crippen LogP) is 4.67. The number of hydrogen-bond acceptors (Lipinski definition) is 2. The van der Waals surface area contributed by atoms with Crippen LogP contribution in [-0.2, 0) is 0 Å². The van der Waals surface area contributed by atoms with E-state index in [2.05, 4.69) is 0 Å². The molecule has 0 N–H and O–H groups in total. The molecule has 0 amide bonds. The molecule has 0 heterocycles. The van der Waals surface area contributed by atoms with Crippen molar-refractivity contribution < 1.29 is 22.4 Å². The molecule has 1 rings (SSSR count). The standard InChI is InChI=1S/C14H16F4OS/c1-10(15)14(17,18)12(16)8-5-9-20-13(19)11-6-3-2-4-7-11/h2-4,6-7,10,12H,5,8-9H2,1H3. The maximum absolute atomic E-state index is 13.2. The lowest BCUT2D eigenvalue weighted by Gasteiger charge is -2.21. The summed E-state index contributed by atoms with van der Waals surface area (Å²) in [5, 5.41) is -0.188. The number of thioether (sulfide) groups is 1. The minimum Gasteiger partial charge on any atom is -0.282 e. The van der Waals surface area contributed by atoms with E-state index in [-0.39, 0.29) is 17.3 Å². The minimum absolute atomic E-state index is 0.0900. The van der Waals surface area contributed by atoms with Gasteiger partial charge in [-0.05, 0) is 19.8 Å². The van der Waals surface area contributed by atoms with Crippen molar-refractivity contribution in [3.05, 3.63) is 35.9 Å². The Kier molecular flexibility index (Phi) is 6.52. The first kappa shape index (κ1) is 17.0. The van der Waals surface area contributed by atoms with Gasteiger partial charge in [-0.3, -0.25) is 4.79 Å². The number of alkyl halides is 4. The lowest BCUT2D eigenvalue weighted by molar-refractivity contribution is -0.123. The molecule has 0 fully saturated rings. The maximum atomic E-state index is 13.2. The van der Waals surface area contributed by atoms with Gasteiger partial charge in [0, 0.05) is 11.3 Å². The van der Waals surface area contributed by atoms with Crippen LogP contribution in [0.5, 0.6) is 0 Å². The van der Waals surface area contributed by atoms with Gasteiger partial charge in [0.1, 0.15) is 0 Å². The molecular formula is C14H16F4OS. The molecule has 0 aliphatic heterocycles. The Balaban J connectivity index is 2.30. The van der Waals surface area contributed by atoms with Crippen molar-refractivity contribution in [2.24, 2.45) is 0 Å². The molecule has 0 radical (unpaired) electrons. The number of benzene rings is 1. The summed E-state index contributed by atoms with van der Waals surface area (Å²) in [5.41, 5.74) is 0.511. The highest BCUT2D eigenvalue weighted by molar-refractivity contribution is 8.14. The Morgan fingerprint density at radius 2 is 1.85 bits per heavy atom. The van der Waals surface area contributed by atoms with E-state index in [0.717, 1.165) is 11.8 Å². The molecule has 20 heavy (non-hydrogen) atoms. The third-order valence-corrected chi connectivity index (χ3v) is 3.78. The maximum Gasteiger partial charge on any atom is 0.308 e. The van der Waals surface area contributed by atoms with Crippen LogP contribution in [0.4, 0.5) is 17.6 Å². The lowest BCUT2D eigenvalue weighted by atomic mass is 10.1. The molecule has 2 atom stereocenters. The predicted molar refractivity (Wildman–Crippen MR) is 72.9 cm³/mol. The van der Waals surface area contributed by atoms with Crippen LogP contribution >= 0.6 is 11.8 Å². The highest BCUT2D eigenvalue weighted by Crippen LogP contribution is 2.31. The number of carbonyl (C=O) groups is 1. The van der Waals surface area contributed by atoms with Gasteiger partial charge in [0.25, 0.3) is 0 Å². The quantitative estimate of drug-likeness (QED) is 0.538. The van der Waals surface area contributed by atoms with Crippen molar-refractivity contribution in [3.63, 3.8) is 0 Å². The molecule has 1 aromatic carbocycles. The van der Waals surface area contributed by atoms with Crippen molar-refractivity contribution in [1.29, 1.82) is 0 Å². The first-order chi connectivity index (χ1) is 9.35. The van der Waals surface area contributed by atoms with Gasteiger partial charge in [0.2, 0.25) is 5.12 Å². The largest absolute Gasteiger partial charge is 0.308 e. The smallest absolute Gasteiger partial charge is 0.282 e. The zero-order chi connectivity index (χ0) is 15.2. The van der Waals surface area contributed by atoms with E-state index in [0.29, 0.717) is 12.5 Å². The van der Waals surface area contributed by atoms with Crippen molar-refractivity contribution in [2.45, 2.75) is 38.0 Å². The summed E-state index contributed by atoms with van der Waals surface area (Å²) in [7, 11) is 0. The molecule has 1 nitrogen and oxygen atoms in total. The fourth-order valence-electron chi connectivity index (χ4n) is 1.53. The van der Waals surface area contributed by atoms with Crippen molar-refractivity contribution in [3.8, 4) is 0 Å². The number of carbonyl (C=O) groups excluding carboxylic acids is 1.